The zero-order valence-corrected chi connectivity index (χ0v) is 14.5. The first-order valence-corrected chi connectivity index (χ1v) is 8.52. The molecule has 0 saturated heterocycles. The molecule has 3 nitrogen and oxygen atoms in total. The van der Waals surface area contributed by atoms with Gasteiger partial charge in [0.05, 0.1) is 0 Å². The molecular weight excluding hydrogens is 332 g/mol. The maximum absolute atomic E-state index is 5.92. The lowest BCUT2D eigenvalue weighted by atomic mass is 10.1. The molecule has 25 heavy (non-hydrogen) atoms. The van der Waals surface area contributed by atoms with Gasteiger partial charge in [-0.25, -0.2) is 4.98 Å². The third-order valence-electron chi connectivity index (χ3n) is 4.16. The monoisotopic (exact) mass is 348 g/mol. The smallest absolute Gasteiger partial charge is 0.227 e. The summed E-state index contributed by atoms with van der Waals surface area (Å²) >= 11 is 5.92. The van der Waals surface area contributed by atoms with Crippen molar-refractivity contribution in [2.24, 2.45) is 0 Å². The van der Waals surface area contributed by atoms with Gasteiger partial charge in [-0.2, -0.15) is 0 Å². The average molecular weight is 349 g/mol. The van der Waals surface area contributed by atoms with E-state index >= 15 is 0 Å². The van der Waals surface area contributed by atoms with Crippen molar-refractivity contribution in [3.63, 3.8) is 0 Å². The van der Waals surface area contributed by atoms with Crippen LogP contribution in [0.4, 0.5) is 5.69 Å². The van der Waals surface area contributed by atoms with Crippen LogP contribution in [0.3, 0.4) is 0 Å². The largest absolute Gasteiger partial charge is 0.436 e. The molecule has 0 saturated carbocycles. The molecule has 0 radical (unpaired) electrons. The first-order chi connectivity index (χ1) is 12.2. The van der Waals surface area contributed by atoms with E-state index in [9.17, 15) is 0 Å². The molecule has 3 aromatic carbocycles. The number of aromatic nitrogens is 1. The molecule has 4 aromatic rings. The Hall–Kier alpha value is -2.78. The van der Waals surface area contributed by atoms with Crippen molar-refractivity contribution in [3.05, 3.63) is 82.9 Å². The van der Waals surface area contributed by atoms with Crippen molar-refractivity contribution < 1.29 is 4.42 Å². The lowest BCUT2D eigenvalue weighted by Crippen LogP contribution is -2.01. The van der Waals surface area contributed by atoms with E-state index in [0.29, 0.717) is 5.89 Å². The van der Waals surface area contributed by atoms with Gasteiger partial charge in [0, 0.05) is 22.8 Å². The predicted octanol–water partition coefficient (Wildman–Crippen LogP) is 6.07. The molecule has 0 unspecified atom stereocenters. The number of rotatable bonds is 4. The summed E-state index contributed by atoms with van der Waals surface area (Å²) in [5.41, 5.74) is 6.08. The van der Waals surface area contributed by atoms with Crippen LogP contribution in [0, 0.1) is 6.92 Å². The van der Waals surface area contributed by atoms with Gasteiger partial charge in [0.1, 0.15) is 5.52 Å². The van der Waals surface area contributed by atoms with Crippen molar-refractivity contribution in [2.75, 3.05) is 5.32 Å². The van der Waals surface area contributed by atoms with E-state index in [4.69, 9.17) is 16.0 Å². The Kier molecular flexibility index (Phi) is 4.16. The van der Waals surface area contributed by atoms with E-state index in [1.807, 2.05) is 54.6 Å². The maximum atomic E-state index is 5.92. The number of fused-ring (bicyclic) bond motifs is 1. The predicted molar refractivity (Wildman–Crippen MR) is 103 cm³/mol. The molecule has 1 N–H and O–H groups in total. The molecule has 1 aromatic heterocycles. The van der Waals surface area contributed by atoms with Crippen LogP contribution in [0.2, 0.25) is 5.02 Å². The van der Waals surface area contributed by atoms with E-state index in [1.165, 1.54) is 5.56 Å². The summed E-state index contributed by atoms with van der Waals surface area (Å²) in [6.07, 6.45) is 0. The molecule has 4 rings (SSSR count). The standard InChI is InChI=1S/C21H17ClN2O/c1-14-12-16(21-24-19-4-2-3-5-20(19)25-21)8-11-18(14)23-13-15-6-9-17(22)10-7-15/h2-12,23H,13H2,1H3. The van der Waals surface area contributed by atoms with Gasteiger partial charge in [-0.1, -0.05) is 35.9 Å². The SMILES string of the molecule is Cc1cc(-c2nc3ccccc3o2)ccc1NCc1ccc(Cl)cc1. The zero-order valence-electron chi connectivity index (χ0n) is 13.8. The van der Waals surface area contributed by atoms with Gasteiger partial charge in [-0.15, -0.1) is 0 Å². The first-order valence-electron chi connectivity index (χ1n) is 8.14. The number of benzene rings is 3. The molecule has 0 spiro atoms. The Balaban J connectivity index is 1.54. The summed E-state index contributed by atoms with van der Waals surface area (Å²) in [4.78, 5) is 4.56. The Bertz CT molecular complexity index is 989. The number of nitrogens with one attached hydrogen (secondary N) is 1. The van der Waals surface area contributed by atoms with E-state index in [2.05, 4.69) is 29.4 Å². The third-order valence-corrected chi connectivity index (χ3v) is 4.42. The topological polar surface area (TPSA) is 38.1 Å². The van der Waals surface area contributed by atoms with Gasteiger partial charge in [0.25, 0.3) is 0 Å². The number of para-hydroxylation sites is 2. The lowest BCUT2D eigenvalue weighted by Gasteiger charge is -2.10. The lowest BCUT2D eigenvalue weighted by molar-refractivity contribution is 0.620. The molecule has 0 atom stereocenters. The Morgan fingerprint density at radius 1 is 1.00 bits per heavy atom. The highest BCUT2D eigenvalue weighted by Gasteiger charge is 2.09. The van der Waals surface area contributed by atoms with Gasteiger partial charge in [-0.05, 0) is 60.5 Å². The maximum Gasteiger partial charge on any atom is 0.227 e. The minimum Gasteiger partial charge on any atom is -0.436 e. The fourth-order valence-electron chi connectivity index (χ4n) is 2.79. The van der Waals surface area contributed by atoms with Gasteiger partial charge < -0.3 is 9.73 Å². The van der Waals surface area contributed by atoms with Crippen LogP contribution in [-0.2, 0) is 6.54 Å². The van der Waals surface area contributed by atoms with Crippen molar-refractivity contribution in [1.29, 1.82) is 0 Å². The summed E-state index contributed by atoms with van der Waals surface area (Å²) in [6.45, 7) is 2.83. The number of oxazole rings is 1. The summed E-state index contributed by atoms with van der Waals surface area (Å²) < 4.78 is 5.85. The molecule has 0 bridgehead atoms. The number of hydrogen-bond acceptors (Lipinski definition) is 3. The summed E-state index contributed by atoms with van der Waals surface area (Å²) in [6, 6.07) is 21.8. The number of hydrogen-bond donors (Lipinski definition) is 1. The van der Waals surface area contributed by atoms with Crippen molar-refractivity contribution in [2.45, 2.75) is 13.5 Å². The molecule has 4 heteroatoms. The van der Waals surface area contributed by atoms with Crippen LogP contribution in [0.5, 0.6) is 0 Å². The van der Waals surface area contributed by atoms with Crippen molar-refractivity contribution >= 4 is 28.4 Å². The Morgan fingerprint density at radius 3 is 2.56 bits per heavy atom. The minimum absolute atomic E-state index is 0.647. The van der Waals surface area contributed by atoms with E-state index in [-0.39, 0.29) is 0 Å². The number of aryl methyl sites for hydroxylation is 1. The molecule has 1 heterocycles. The normalized spacial score (nSPS) is 11.0. The Labute approximate surface area is 151 Å². The fraction of sp³-hybridized carbons (Fsp3) is 0.0952. The second kappa shape index (κ2) is 6.61. The summed E-state index contributed by atoms with van der Waals surface area (Å²) in [5.74, 6) is 0.647. The van der Waals surface area contributed by atoms with Gasteiger partial charge >= 0.3 is 0 Å². The zero-order chi connectivity index (χ0) is 17.2. The average Bonchev–Trinajstić information content (AvgIpc) is 3.06. The molecule has 124 valence electrons. The molecule has 0 aliphatic carbocycles. The summed E-state index contributed by atoms with van der Waals surface area (Å²) in [7, 11) is 0. The molecule has 0 aliphatic rings. The highest BCUT2D eigenvalue weighted by atomic mass is 35.5. The molecule has 0 amide bonds. The highest BCUT2D eigenvalue weighted by Crippen LogP contribution is 2.27. The highest BCUT2D eigenvalue weighted by molar-refractivity contribution is 6.30. The number of anilines is 1. The van der Waals surface area contributed by atoms with Crippen LogP contribution in [0.15, 0.2) is 71.1 Å². The van der Waals surface area contributed by atoms with Crippen LogP contribution >= 0.6 is 11.6 Å². The van der Waals surface area contributed by atoms with Gasteiger partial charge in [-0.3, -0.25) is 0 Å². The van der Waals surface area contributed by atoms with Crippen LogP contribution < -0.4 is 5.32 Å². The van der Waals surface area contributed by atoms with Gasteiger partial charge in [0.15, 0.2) is 5.58 Å². The quantitative estimate of drug-likeness (QED) is 0.486. The van der Waals surface area contributed by atoms with Crippen molar-refractivity contribution in [1.82, 2.24) is 4.98 Å². The molecule has 0 fully saturated rings. The second-order valence-corrected chi connectivity index (χ2v) is 6.43. The first kappa shape index (κ1) is 15.7. The third kappa shape index (κ3) is 3.37. The fourth-order valence-corrected chi connectivity index (χ4v) is 2.92. The van der Waals surface area contributed by atoms with Crippen molar-refractivity contribution in [3.8, 4) is 11.5 Å². The van der Waals surface area contributed by atoms with Crippen LogP contribution in [-0.4, -0.2) is 4.98 Å². The van der Waals surface area contributed by atoms with E-state index in [0.717, 1.165) is 39.5 Å². The summed E-state index contributed by atoms with van der Waals surface area (Å²) in [5, 5.41) is 4.21. The molecule has 0 aliphatic heterocycles. The van der Waals surface area contributed by atoms with Crippen LogP contribution in [0.25, 0.3) is 22.6 Å². The van der Waals surface area contributed by atoms with E-state index in [1.54, 1.807) is 0 Å². The number of halogens is 1. The molecular formula is C21H17ClN2O. The Morgan fingerprint density at radius 2 is 1.80 bits per heavy atom. The second-order valence-electron chi connectivity index (χ2n) is 6.00. The van der Waals surface area contributed by atoms with E-state index < -0.39 is 0 Å². The minimum atomic E-state index is 0.647. The number of nitrogens with zero attached hydrogens (tertiary/aromatic N) is 1. The van der Waals surface area contributed by atoms with Crippen LogP contribution in [0.1, 0.15) is 11.1 Å². The van der Waals surface area contributed by atoms with Gasteiger partial charge in [0.2, 0.25) is 5.89 Å².